The van der Waals surface area contributed by atoms with Crippen LogP contribution in [0.4, 0.5) is 4.79 Å². The number of likely N-dealkylation sites (tertiary alicyclic amines) is 1. The minimum atomic E-state index is -0.489. The Morgan fingerprint density at radius 2 is 1.92 bits per heavy atom. The first-order valence-electron chi connectivity index (χ1n) is 9.13. The van der Waals surface area contributed by atoms with E-state index in [9.17, 15) is 4.79 Å². The fourth-order valence-corrected chi connectivity index (χ4v) is 3.83. The van der Waals surface area contributed by atoms with Gasteiger partial charge in [0.15, 0.2) is 5.60 Å². The summed E-state index contributed by atoms with van der Waals surface area (Å²) in [5.74, 6) is 0. The fourth-order valence-electron chi connectivity index (χ4n) is 3.70. The maximum atomic E-state index is 12.3. The van der Waals surface area contributed by atoms with Crippen molar-refractivity contribution < 1.29 is 9.53 Å². The predicted molar refractivity (Wildman–Crippen MR) is 101 cm³/mol. The third kappa shape index (κ3) is 3.70. The van der Waals surface area contributed by atoms with Crippen LogP contribution < -0.4 is 0 Å². The molecule has 0 bridgehead atoms. The van der Waals surface area contributed by atoms with E-state index in [1.54, 1.807) is 4.90 Å². The van der Waals surface area contributed by atoms with Gasteiger partial charge in [-0.3, -0.25) is 4.90 Å². The summed E-state index contributed by atoms with van der Waals surface area (Å²) in [5, 5.41) is 0.774. The highest BCUT2D eigenvalue weighted by Crippen LogP contribution is 2.41. The highest BCUT2D eigenvalue weighted by atomic mass is 35.5. The van der Waals surface area contributed by atoms with Crippen LogP contribution in [0.25, 0.3) is 0 Å². The maximum absolute atomic E-state index is 12.3. The monoisotopic (exact) mass is 362 g/mol. The van der Waals surface area contributed by atoms with Gasteiger partial charge in [-0.1, -0.05) is 37.2 Å². The first-order valence-corrected chi connectivity index (χ1v) is 9.51. The largest absolute Gasteiger partial charge is 0.436 e. The van der Waals surface area contributed by atoms with Gasteiger partial charge in [0.05, 0.1) is 5.70 Å². The quantitative estimate of drug-likeness (QED) is 0.774. The summed E-state index contributed by atoms with van der Waals surface area (Å²) in [7, 11) is 0. The van der Waals surface area contributed by atoms with Gasteiger partial charge in [-0.05, 0) is 37.5 Å². The molecule has 1 atom stereocenters. The van der Waals surface area contributed by atoms with Crippen molar-refractivity contribution in [2.45, 2.75) is 51.2 Å². The molecular formula is C20H27ClN2O2. The molecule has 2 fully saturated rings. The first-order chi connectivity index (χ1) is 11.9. The number of nitrogens with zero attached hydrogens (tertiary/aromatic N) is 2. The summed E-state index contributed by atoms with van der Waals surface area (Å²) in [6.07, 6.45) is 3.33. The van der Waals surface area contributed by atoms with Crippen LogP contribution in [0.1, 0.15) is 38.7 Å². The minimum Gasteiger partial charge on any atom is -0.436 e. The third-order valence-corrected chi connectivity index (χ3v) is 5.87. The van der Waals surface area contributed by atoms with Gasteiger partial charge >= 0.3 is 6.09 Å². The summed E-state index contributed by atoms with van der Waals surface area (Å²) >= 11 is 5.94. The van der Waals surface area contributed by atoms with Crippen LogP contribution in [0.15, 0.2) is 36.5 Å². The Bertz CT molecular complexity index is 636. The third-order valence-electron chi connectivity index (χ3n) is 5.62. The predicted octanol–water partition coefficient (Wildman–Crippen LogP) is 4.48. The van der Waals surface area contributed by atoms with Gasteiger partial charge in [0.1, 0.15) is 0 Å². The van der Waals surface area contributed by atoms with Crippen LogP contribution in [-0.2, 0) is 11.2 Å². The molecule has 5 heteroatoms. The van der Waals surface area contributed by atoms with Crippen molar-refractivity contribution in [2.75, 3.05) is 19.6 Å². The van der Waals surface area contributed by atoms with Crippen molar-refractivity contribution in [1.82, 2.24) is 9.80 Å². The van der Waals surface area contributed by atoms with Crippen molar-refractivity contribution in [3.63, 3.8) is 0 Å². The highest BCUT2D eigenvalue weighted by molar-refractivity contribution is 6.30. The van der Waals surface area contributed by atoms with E-state index in [0.29, 0.717) is 0 Å². The molecule has 0 N–H and O–H groups in total. The van der Waals surface area contributed by atoms with E-state index in [1.165, 1.54) is 5.56 Å². The first kappa shape index (κ1) is 18.3. The Balaban J connectivity index is 1.55. The van der Waals surface area contributed by atoms with E-state index in [-0.39, 0.29) is 12.1 Å². The topological polar surface area (TPSA) is 32.8 Å². The van der Waals surface area contributed by atoms with Crippen LogP contribution in [-0.4, -0.2) is 47.2 Å². The van der Waals surface area contributed by atoms with E-state index < -0.39 is 5.60 Å². The molecule has 1 spiro atoms. The maximum Gasteiger partial charge on any atom is 0.415 e. The van der Waals surface area contributed by atoms with E-state index in [4.69, 9.17) is 16.3 Å². The molecule has 136 valence electrons. The van der Waals surface area contributed by atoms with E-state index >= 15 is 0 Å². The average Bonchev–Trinajstić information content (AvgIpc) is 2.85. The summed E-state index contributed by atoms with van der Waals surface area (Å²) in [5.41, 5.74) is 1.66. The molecule has 2 heterocycles. The Labute approximate surface area is 155 Å². The second-order valence-electron chi connectivity index (χ2n) is 7.15. The Morgan fingerprint density at radius 1 is 1.28 bits per heavy atom. The summed E-state index contributed by atoms with van der Waals surface area (Å²) < 4.78 is 5.81. The van der Waals surface area contributed by atoms with Crippen LogP contribution >= 0.6 is 11.6 Å². The van der Waals surface area contributed by atoms with Crippen molar-refractivity contribution in [2.24, 2.45) is 0 Å². The lowest BCUT2D eigenvalue weighted by Crippen LogP contribution is -2.46. The molecule has 2 aliphatic heterocycles. The van der Waals surface area contributed by atoms with E-state index in [1.807, 2.05) is 19.1 Å². The molecule has 0 radical (unpaired) electrons. The summed E-state index contributed by atoms with van der Waals surface area (Å²) in [4.78, 5) is 16.5. The average molecular weight is 363 g/mol. The molecule has 0 aromatic heterocycles. The number of ether oxygens (including phenoxy) is 1. The summed E-state index contributed by atoms with van der Waals surface area (Å²) in [6, 6.07) is 8.18. The molecule has 3 rings (SSSR count). The number of amides is 1. The Hall–Kier alpha value is -1.52. The number of hydrogen-bond acceptors (Lipinski definition) is 3. The van der Waals surface area contributed by atoms with Gasteiger partial charge in [-0.2, -0.15) is 0 Å². The number of halogens is 1. The number of hydrogen-bond donors (Lipinski definition) is 0. The van der Waals surface area contributed by atoms with Crippen molar-refractivity contribution >= 4 is 17.7 Å². The van der Waals surface area contributed by atoms with Crippen LogP contribution in [0.5, 0.6) is 0 Å². The van der Waals surface area contributed by atoms with E-state index in [2.05, 4.69) is 30.5 Å². The molecule has 1 amide bonds. The molecule has 0 saturated carbocycles. The number of benzene rings is 1. The minimum absolute atomic E-state index is 0.141. The second kappa shape index (κ2) is 7.38. The fraction of sp³-hybridized carbons (Fsp3) is 0.550. The molecule has 2 aliphatic rings. The number of piperidine rings is 1. The lowest BCUT2D eigenvalue weighted by atomic mass is 9.88. The van der Waals surface area contributed by atoms with Gasteiger partial charge in [-0.15, -0.1) is 0 Å². The highest BCUT2D eigenvalue weighted by Gasteiger charge is 2.51. The van der Waals surface area contributed by atoms with Gasteiger partial charge in [0.2, 0.25) is 0 Å². The van der Waals surface area contributed by atoms with Crippen molar-refractivity contribution in [3.8, 4) is 0 Å². The molecular weight excluding hydrogens is 336 g/mol. The van der Waals surface area contributed by atoms with Crippen LogP contribution in [0.2, 0.25) is 5.02 Å². The van der Waals surface area contributed by atoms with E-state index in [0.717, 1.165) is 56.0 Å². The number of rotatable bonds is 5. The molecule has 1 aromatic rings. The van der Waals surface area contributed by atoms with Gasteiger partial charge in [0, 0.05) is 43.5 Å². The number of carbonyl (C=O) groups excluding carboxylic acids is 1. The van der Waals surface area contributed by atoms with Crippen LogP contribution in [0.3, 0.4) is 0 Å². The standard InChI is InChI=1S/C20H27ClN2O2/c1-4-15(2)23-16(3)20(25-19(23)24)10-13-22(14-11-20)12-9-17-5-7-18(21)8-6-17/h5-8,15H,3-4,9-14H2,1-2H3. The molecule has 4 nitrogen and oxygen atoms in total. The van der Waals surface area contributed by atoms with Crippen LogP contribution in [0, 0.1) is 0 Å². The lowest BCUT2D eigenvalue weighted by molar-refractivity contribution is 0.0149. The molecule has 0 aliphatic carbocycles. The van der Waals surface area contributed by atoms with Crippen molar-refractivity contribution in [1.29, 1.82) is 0 Å². The molecule has 25 heavy (non-hydrogen) atoms. The van der Waals surface area contributed by atoms with Gasteiger partial charge in [-0.25, -0.2) is 4.79 Å². The molecule has 2 saturated heterocycles. The second-order valence-corrected chi connectivity index (χ2v) is 7.59. The zero-order chi connectivity index (χ0) is 18.0. The Morgan fingerprint density at radius 3 is 2.52 bits per heavy atom. The van der Waals surface area contributed by atoms with Gasteiger partial charge in [0.25, 0.3) is 0 Å². The SMILES string of the molecule is C=C1N(C(C)CC)C(=O)OC12CCN(CCc1ccc(Cl)cc1)CC2. The van der Waals surface area contributed by atoms with Crippen molar-refractivity contribution in [3.05, 3.63) is 47.1 Å². The smallest absolute Gasteiger partial charge is 0.415 e. The molecule has 1 unspecified atom stereocenters. The molecule has 1 aromatic carbocycles. The summed E-state index contributed by atoms with van der Waals surface area (Å²) in [6.45, 7) is 11.2. The van der Waals surface area contributed by atoms with Gasteiger partial charge < -0.3 is 9.64 Å². The zero-order valence-electron chi connectivity index (χ0n) is 15.1. The lowest BCUT2D eigenvalue weighted by Gasteiger charge is -2.38. The number of carbonyl (C=O) groups is 1. The normalized spacial score (nSPS) is 21.6. The Kier molecular flexibility index (Phi) is 5.40. The zero-order valence-corrected chi connectivity index (χ0v) is 15.9.